The summed E-state index contributed by atoms with van der Waals surface area (Å²) < 4.78 is 38.2. The fourth-order valence-corrected chi connectivity index (χ4v) is 2.68. The molecule has 21 heavy (non-hydrogen) atoms. The fourth-order valence-electron chi connectivity index (χ4n) is 2.68. The number of hydrogen-bond acceptors (Lipinski definition) is 2. The SMILES string of the molecule is NCc1ccc(C(=O)NC2CCCC(C(F)(F)F)C2)cc1. The number of carbonyl (C=O) groups is 1. The number of nitrogens with two attached hydrogens (primary N) is 1. The Labute approximate surface area is 121 Å². The van der Waals surface area contributed by atoms with Gasteiger partial charge in [0.15, 0.2) is 0 Å². The molecule has 1 aromatic carbocycles. The third-order valence-electron chi connectivity index (χ3n) is 3.92. The van der Waals surface area contributed by atoms with Crippen LogP contribution in [0.15, 0.2) is 24.3 Å². The van der Waals surface area contributed by atoms with Crippen molar-refractivity contribution < 1.29 is 18.0 Å². The molecule has 1 aliphatic carbocycles. The molecule has 0 bridgehead atoms. The number of alkyl halides is 3. The van der Waals surface area contributed by atoms with Gasteiger partial charge in [-0.15, -0.1) is 0 Å². The van der Waals surface area contributed by atoms with E-state index in [1.54, 1.807) is 24.3 Å². The Morgan fingerprint density at radius 3 is 2.48 bits per heavy atom. The molecule has 1 aromatic rings. The van der Waals surface area contributed by atoms with Crippen molar-refractivity contribution in [3.63, 3.8) is 0 Å². The average Bonchev–Trinajstić information content (AvgIpc) is 2.47. The Morgan fingerprint density at radius 2 is 1.90 bits per heavy atom. The van der Waals surface area contributed by atoms with E-state index >= 15 is 0 Å². The molecule has 1 fully saturated rings. The molecule has 1 aliphatic rings. The summed E-state index contributed by atoms with van der Waals surface area (Å²) in [6.07, 6.45) is -2.97. The van der Waals surface area contributed by atoms with Crippen molar-refractivity contribution in [3.8, 4) is 0 Å². The van der Waals surface area contributed by atoms with Crippen LogP contribution in [0.5, 0.6) is 0 Å². The molecule has 0 spiro atoms. The summed E-state index contributed by atoms with van der Waals surface area (Å²) in [5, 5.41) is 2.70. The first-order valence-corrected chi connectivity index (χ1v) is 7.06. The standard InChI is InChI=1S/C15H19F3N2O/c16-15(17,18)12-2-1-3-13(8-12)20-14(21)11-6-4-10(9-19)5-7-11/h4-7,12-13H,1-3,8-9,19H2,(H,20,21). The number of benzene rings is 1. The minimum Gasteiger partial charge on any atom is -0.349 e. The van der Waals surface area contributed by atoms with Gasteiger partial charge in [-0.2, -0.15) is 13.2 Å². The van der Waals surface area contributed by atoms with E-state index in [9.17, 15) is 18.0 Å². The van der Waals surface area contributed by atoms with Crippen LogP contribution in [-0.2, 0) is 6.54 Å². The molecule has 0 aliphatic heterocycles. The van der Waals surface area contributed by atoms with Crippen LogP contribution in [0.4, 0.5) is 13.2 Å². The first-order chi connectivity index (χ1) is 9.90. The molecular formula is C15H19F3N2O. The molecule has 0 heterocycles. The summed E-state index contributed by atoms with van der Waals surface area (Å²) in [6, 6.07) is 6.36. The van der Waals surface area contributed by atoms with Crippen molar-refractivity contribution in [3.05, 3.63) is 35.4 Å². The quantitative estimate of drug-likeness (QED) is 0.901. The Morgan fingerprint density at radius 1 is 1.24 bits per heavy atom. The van der Waals surface area contributed by atoms with Crippen molar-refractivity contribution in [1.82, 2.24) is 5.32 Å². The topological polar surface area (TPSA) is 55.1 Å². The lowest BCUT2D eigenvalue weighted by Crippen LogP contribution is -2.41. The molecule has 0 aromatic heterocycles. The zero-order valence-corrected chi connectivity index (χ0v) is 11.6. The predicted octanol–water partition coefficient (Wildman–Crippen LogP) is 3.00. The molecular weight excluding hydrogens is 281 g/mol. The molecule has 1 saturated carbocycles. The van der Waals surface area contributed by atoms with Crippen molar-refractivity contribution in [2.24, 2.45) is 11.7 Å². The maximum atomic E-state index is 12.7. The Hall–Kier alpha value is -1.56. The number of rotatable bonds is 3. The number of amides is 1. The third-order valence-corrected chi connectivity index (χ3v) is 3.92. The average molecular weight is 300 g/mol. The number of halogens is 3. The molecule has 3 N–H and O–H groups in total. The second-order valence-corrected chi connectivity index (χ2v) is 5.48. The highest BCUT2D eigenvalue weighted by molar-refractivity contribution is 5.94. The molecule has 1 amide bonds. The van der Waals surface area contributed by atoms with E-state index in [4.69, 9.17) is 5.73 Å². The van der Waals surface area contributed by atoms with Crippen molar-refractivity contribution in [1.29, 1.82) is 0 Å². The smallest absolute Gasteiger partial charge is 0.349 e. The molecule has 2 unspecified atom stereocenters. The van der Waals surface area contributed by atoms with E-state index in [1.807, 2.05) is 0 Å². The van der Waals surface area contributed by atoms with Gasteiger partial charge in [-0.05, 0) is 37.0 Å². The summed E-state index contributed by atoms with van der Waals surface area (Å²) in [6.45, 7) is 0.387. The van der Waals surface area contributed by atoms with Crippen LogP contribution in [-0.4, -0.2) is 18.1 Å². The van der Waals surface area contributed by atoms with E-state index in [2.05, 4.69) is 5.32 Å². The van der Waals surface area contributed by atoms with Gasteiger partial charge in [-0.25, -0.2) is 0 Å². The summed E-state index contributed by atoms with van der Waals surface area (Å²) in [5.41, 5.74) is 6.82. The minimum atomic E-state index is -4.17. The predicted molar refractivity (Wildman–Crippen MR) is 73.6 cm³/mol. The van der Waals surface area contributed by atoms with Crippen LogP contribution in [0.1, 0.15) is 41.6 Å². The van der Waals surface area contributed by atoms with Crippen LogP contribution >= 0.6 is 0 Å². The van der Waals surface area contributed by atoms with Gasteiger partial charge in [0.05, 0.1) is 5.92 Å². The first-order valence-electron chi connectivity index (χ1n) is 7.06. The summed E-state index contributed by atoms with van der Waals surface area (Å²) in [5.74, 6) is -1.64. The lowest BCUT2D eigenvalue weighted by atomic mass is 9.85. The van der Waals surface area contributed by atoms with Crippen LogP contribution in [0.2, 0.25) is 0 Å². The Balaban J connectivity index is 1.95. The lowest BCUT2D eigenvalue weighted by molar-refractivity contribution is -0.183. The zero-order valence-electron chi connectivity index (χ0n) is 11.6. The van der Waals surface area contributed by atoms with Crippen LogP contribution < -0.4 is 11.1 Å². The number of nitrogens with one attached hydrogen (secondary N) is 1. The van der Waals surface area contributed by atoms with E-state index in [1.165, 1.54) is 0 Å². The van der Waals surface area contributed by atoms with Crippen molar-refractivity contribution in [2.75, 3.05) is 0 Å². The highest BCUT2D eigenvalue weighted by Crippen LogP contribution is 2.37. The van der Waals surface area contributed by atoms with Gasteiger partial charge >= 0.3 is 6.18 Å². The molecule has 3 nitrogen and oxygen atoms in total. The minimum absolute atomic E-state index is 0.0316. The van der Waals surface area contributed by atoms with Gasteiger partial charge in [0, 0.05) is 18.2 Å². The number of carbonyl (C=O) groups excluding carboxylic acids is 1. The molecule has 0 saturated heterocycles. The highest BCUT2D eigenvalue weighted by Gasteiger charge is 2.42. The van der Waals surface area contributed by atoms with Crippen LogP contribution in [0, 0.1) is 5.92 Å². The first kappa shape index (κ1) is 15.8. The van der Waals surface area contributed by atoms with E-state index in [0.717, 1.165) is 5.56 Å². The van der Waals surface area contributed by atoms with Crippen molar-refractivity contribution in [2.45, 2.75) is 44.4 Å². The maximum absolute atomic E-state index is 12.7. The Kier molecular flexibility index (Phi) is 4.88. The highest BCUT2D eigenvalue weighted by atomic mass is 19.4. The monoisotopic (exact) mass is 300 g/mol. The normalized spacial score (nSPS) is 22.9. The van der Waals surface area contributed by atoms with E-state index in [0.29, 0.717) is 24.9 Å². The van der Waals surface area contributed by atoms with Gasteiger partial charge in [0.2, 0.25) is 0 Å². The molecule has 0 radical (unpaired) electrons. The zero-order chi connectivity index (χ0) is 15.5. The second kappa shape index (κ2) is 6.47. The van der Waals surface area contributed by atoms with Crippen LogP contribution in [0.25, 0.3) is 0 Å². The summed E-state index contributed by atoms with van der Waals surface area (Å²) in [4.78, 5) is 12.0. The van der Waals surface area contributed by atoms with E-state index < -0.39 is 18.1 Å². The Bertz CT molecular complexity index is 485. The second-order valence-electron chi connectivity index (χ2n) is 5.48. The van der Waals surface area contributed by atoms with Crippen LogP contribution in [0.3, 0.4) is 0 Å². The van der Waals surface area contributed by atoms with Gasteiger partial charge in [0.25, 0.3) is 5.91 Å². The summed E-state index contributed by atoms with van der Waals surface area (Å²) >= 11 is 0. The summed E-state index contributed by atoms with van der Waals surface area (Å²) in [7, 11) is 0. The van der Waals surface area contributed by atoms with Gasteiger partial charge in [-0.3, -0.25) is 4.79 Å². The maximum Gasteiger partial charge on any atom is 0.391 e. The van der Waals surface area contributed by atoms with Crippen molar-refractivity contribution >= 4 is 5.91 Å². The van der Waals surface area contributed by atoms with E-state index in [-0.39, 0.29) is 18.7 Å². The van der Waals surface area contributed by atoms with Gasteiger partial charge < -0.3 is 11.1 Å². The fraction of sp³-hybridized carbons (Fsp3) is 0.533. The molecule has 6 heteroatoms. The van der Waals surface area contributed by atoms with Gasteiger partial charge in [-0.1, -0.05) is 18.6 Å². The third kappa shape index (κ3) is 4.20. The lowest BCUT2D eigenvalue weighted by Gasteiger charge is -2.31. The van der Waals surface area contributed by atoms with Gasteiger partial charge in [0.1, 0.15) is 0 Å². The molecule has 2 atom stereocenters. The largest absolute Gasteiger partial charge is 0.391 e. The number of hydrogen-bond donors (Lipinski definition) is 2. The molecule has 116 valence electrons. The molecule has 2 rings (SSSR count).